The fourth-order valence-electron chi connectivity index (χ4n) is 3.77. The van der Waals surface area contributed by atoms with Crippen molar-refractivity contribution in [3.63, 3.8) is 0 Å². The fourth-order valence-corrected chi connectivity index (χ4v) is 4.22. The topological polar surface area (TPSA) is 106 Å². The van der Waals surface area contributed by atoms with E-state index in [2.05, 4.69) is 25.6 Å². The lowest BCUT2D eigenvalue weighted by molar-refractivity contribution is 0.0887. The molecule has 0 spiro atoms. The van der Waals surface area contributed by atoms with E-state index < -0.39 is 11.7 Å². The molecule has 1 fully saturated rings. The van der Waals surface area contributed by atoms with Crippen molar-refractivity contribution in [2.45, 2.75) is 42.7 Å². The average molecular weight is 482 g/mol. The molecule has 10 heteroatoms. The van der Waals surface area contributed by atoms with E-state index in [0.29, 0.717) is 31.4 Å². The Hall–Kier alpha value is -3.53. The summed E-state index contributed by atoms with van der Waals surface area (Å²) in [6.07, 6.45) is 10.1. The van der Waals surface area contributed by atoms with Crippen molar-refractivity contribution >= 4 is 23.6 Å². The van der Waals surface area contributed by atoms with E-state index in [1.807, 2.05) is 24.5 Å². The molecule has 2 N–H and O–H groups in total. The highest BCUT2D eigenvalue weighted by Crippen LogP contribution is 2.28. The molecule has 0 radical (unpaired) electrons. The predicted octanol–water partition coefficient (Wildman–Crippen LogP) is 4.00. The van der Waals surface area contributed by atoms with E-state index in [0.717, 1.165) is 17.2 Å². The number of hydrogen-bond acceptors (Lipinski definition) is 7. The number of carbonyl (C=O) groups excluding carboxylic acids is 2. The molecule has 0 atom stereocenters. The quantitative estimate of drug-likeness (QED) is 0.492. The highest BCUT2D eigenvalue weighted by Gasteiger charge is 2.26. The second kappa shape index (κ2) is 11.1. The molecule has 3 aromatic rings. The van der Waals surface area contributed by atoms with Crippen molar-refractivity contribution in [2.75, 3.05) is 6.26 Å². The van der Waals surface area contributed by atoms with E-state index in [1.54, 1.807) is 17.8 Å². The summed E-state index contributed by atoms with van der Waals surface area (Å²) in [5.74, 6) is -0.777. The van der Waals surface area contributed by atoms with Gasteiger partial charge in [-0.1, -0.05) is 6.07 Å². The molecule has 0 unspecified atom stereocenters. The maximum atomic E-state index is 13.9. The summed E-state index contributed by atoms with van der Waals surface area (Å²) >= 11 is 1.56. The third-order valence-corrected chi connectivity index (χ3v) is 6.24. The molecular formula is C24H24FN5O3S. The van der Waals surface area contributed by atoms with Gasteiger partial charge in [0.15, 0.2) is 0 Å². The SMILES string of the molecule is CSc1cccc(Oc2ncc(F)cc2C(=O)NC2CCC(NC(=O)c3cnccn3)CC2)c1. The first-order valence-corrected chi connectivity index (χ1v) is 12.1. The minimum Gasteiger partial charge on any atom is -0.438 e. The zero-order valence-corrected chi connectivity index (χ0v) is 19.3. The number of nitrogens with one attached hydrogen (secondary N) is 2. The lowest BCUT2D eigenvalue weighted by Crippen LogP contribution is -2.44. The van der Waals surface area contributed by atoms with Crippen LogP contribution in [0.5, 0.6) is 11.6 Å². The van der Waals surface area contributed by atoms with Gasteiger partial charge in [0.2, 0.25) is 5.88 Å². The number of rotatable bonds is 7. The van der Waals surface area contributed by atoms with Crippen molar-refractivity contribution < 1.29 is 18.7 Å². The second-order valence-corrected chi connectivity index (χ2v) is 8.75. The Morgan fingerprint density at radius 2 is 1.74 bits per heavy atom. The molecule has 1 aliphatic carbocycles. The van der Waals surface area contributed by atoms with Crippen LogP contribution in [0.4, 0.5) is 4.39 Å². The number of ether oxygens (including phenoxy) is 1. The number of carbonyl (C=O) groups is 2. The number of hydrogen-bond donors (Lipinski definition) is 2. The Bertz CT molecular complexity index is 1160. The highest BCUT2D eigenvalue weighted by molar-refractivity contribution is 7.98. The number of benzene rings is 1. The number of halogens is 1. The Balaban J connectivity index is 1.36. The maximum absolute atomic E-state index is 13.9. The van der Waals surface area contributed by atoms with Crippen LogP contribution in [-0.4, -0.2) is 45.1 Å². The van der Waals surface area contributed by atoms with Crippen LogP contribution in [0, 0.1) is 5.82 Å². The first kappa shape index (κ1) is 23.6. The minimum absolute atomic E-state index is 0.0129. The van der Waals surface area contributed by atoms with Gasteiger partial charge in [-0.25, -0.2) is 14.4 Å². The standard InChI is InChI=1S/C24H24FN5O3S/c1-34-19-4-2-3-18(12-19)33-24-20(11-15(25)13-28-24)22(31)29-16-5-7-17(8-6-16)30-23(32)21-14-26-9-10-27-21/h2-4,9-14,16-17H,5-8H2,1H3,(H,29,31)(H,30,32). The third kappa shape index (κ3) is 6.07. The smallest absolute Gasteiger partial charge is 0.271 e. The monoisotopic (exact) mass is 481 g/mol. The molecule has 1 aliphatic rings. The van der Waals surface area contributed by atoms with Gasteiger partial charge in [0.25, 0.3) is 11.8 Å². The summed E-state index contributed by atoms with van der Waals surface area (Å²) in [5.41, 5.74) is 0.305. The predicted molar refractivity (Wildman–Crippen MR) is 126 cm³/mol. The van der Waals surface area contributed by atoms with E-state index in [9.17, 15) is 14.0 Å². The van der Waals surface area contributed by atoms with E-state index >= 15 is 0 Å². The number of pyridine rings is 1. The van der Waals surface area contributed by atoms with Crippen LogP contribution in [0.2, 0.25) is 0 Å². The summed E-state index contributed by atoms with van der Waals surface area (Å²) < 4.78 is 19.7. The summed E-state index contributed by atoms with van der Waals surface area (Å²) in [5, 5.41) is 5.91. The van der Waals surface area contributed by atoms with Gasteiger partial charge in [-0.15, -0.1) is 11.8 Å². The van der Waals surface area contributed by atoms with Crippen molar-refractivity contribution in [1.29, 1.82) is 0 Å². The van der Waals surface area contributed by atoms with Gasteiger partial charge in [-0.3, -0.25) is 14.6 Å². The first-order chi connectivity index (χ1) is 16.5. The zero-order valence-electron chi connectivity index (χ0n) is 18.5. The minimum atomic E-state index is -0.620. The third-order valence-electron chi connectivity index (χ3n) is 5.51. The van der Waals surface area contributed by atoms with Crippen molar-refractivity contribution in [3.05, 3.63) is 72.2 Å². The Kier molecular flexibility index (Phi) is 7.69. The van der Waals surface area contributed by atoms with Crippen molar-refractivity contribution in [3.8, 4) is 11.6 Å². The summed E-state index contributed by atoms with van der Waals surface area (Å²) in [7, 11) is 0. The van der Waals surface area contributed by atoms with Crippen LogP contribution in [0.1, 0.15) is 46.5 Å². The molecule has 1 saturated carbocycles. The molecule has 2 heterocycles. The fraction of sp³-hybridized carbons (Fsp3) is 0.292. The van der Waals surface area contributed by atoms with E-state index in [-0.39, 0.29) is 35.1 Å². The van der Waals surface area contributed by atoms with Gasteiger partial charge in [0.1, 0.15) is 22.8 Å². The molecular weight excluding hydrogens is 457 g/mol. The van der Waals surface area contributed by atoms with Crippen LogP contribution >= 0.6 is 11.8 Å². The molecule has 4 rings (SSSR count). The number of nitrogens with zero attached hydrogens (tertiary/aromatic N) is 3. The van der Waals surface area contributed by atoms with Gasteiger partial charge in [0, 0.05) is 29.4 Å². The summed E-state index contributed by atoms with van der Waals surface area (Å²) in [6, 6.07) is 8.37. The lowest BCUT2D eigenvalue weighted by atomic mass is 9.91. The molecule has 0 saturated heterocycles. The van der Waals surface area contributed by atoms with E-state index in [4.69, 9.17) is 4.74 Å². The van der Waals surface area contributed by atoms with E-state index in [1.165, 1.54) is 18.6 Å². The molecule has 176 valence electrons. The lowest BCUT2D eigenvalue weighted by Gasteiger charge is -2.29. The van der Waals surface area contributed by atoms with Crippen molar-refractivity contribution in [2.24, 2.45) is 0 Å². The van der Waals surface area contributed by atoms with Gasteiger partial charge >= 0.3 is 0 Å². The molecule has 0 aliphatic heterocycles. The normalized spacial score (nSPS) is 17.6. The Morgan fingerprint density at radius 1 is 1.00 bits per heavy atom. The average Bonchev–Trinajstić information content (AvgIpc) is 2.87. The Labute approximate surface area is 200 Å². The van der Waals surface area contributed by atoms with Gasteiger partial charge in [-0.05, 0) is 56.2 Å². The number of aromatic nitrogens is 3. The Morgan fingerprint density at radius 3 is 2.41 bits per heavy atom. The van der Waals surface area contributed by atoms with Crippen LogP contribution < -0.4 is 15.4 Å². The van der Waals surface area contributed by atoms with Crippen LogP contribution in [0.15, 0.2) is 60.0 Å². The van der Waals surface area contributed by atoms with Gasteiger partial charge < -0.3 is 15.4 Å². The van der Waals surface area contributed by atoms with Crippen LogP contribution in [-0.2, 0) is 0 Å². The molecule has 2 amide bonds. The summed E-state index contributed by atoms with van der Waals surface area (Å²) in [4.78, 5) is 38.1. The summed E-state index contributed by atoms with van der Waals surface area (Å²) in [6.45, 7) is 0. The van der Waals surface area contributed by atoms with Crippen LogP contribution in [0.3, 0.4) is 0 Å². The zero-order chi connectivity index (χ0) is 23.9. The van der Waals surface area contributed by atoms with Gasteiger partial charge in [0.05, 0.1) is 12.4 Å². The second-order valence-electron chi connectivity index (χ2n) is 7.87. The highest BCUT2D eigenvalue weighted by atomic mass is 32.2. The molecule has 8 nitrogen and oxygen atoms in total. The number of thioether (sulfide) groups is 1. The largest absolute Gasteiger partial charge is 0.438 e. The molecule has 2 aromatic heterocycles. The van der Waals surface area contributed by atoms with Crippen molar-refractivity contribution in [1.82, 2.24) is 25.6 Å². The van der Waals surface area contributed by atoms with Crippen LogP contribution in [0.25, 0.3) is 0 Å². The number of amides is 2. The molecule has 1 aromatic carbocycles. The molecule has 0 bridgehead atoms. The first-order valence-electron chi connectivity index (χ1n) is 10.9. The van der Waals surface area contributed by atoms with Gasteiger partial charge in [-0.2, -0.15) is 0 Å². The maximum Gasteiger partial charge on any atom is 0.271 e. The molecule has 34 heavy (non-hydrogen) atoms.